The van der Waals surface area contributed by atoms with Crippen molar-refractivity contribution in [2.75, 3.05) is 24.6 Å². The molecule has 0 unspecified atom stereocenters. The van der Waals surface area contributed by atoms with E-state index in [-0.39, 0.29) is 5.78 Å². The lowest BCUT2D eigenvalue weighted by molar-refractivity contribution is -0.117. The molecule has 0 N–H and O–H groups in total. The monoisotopic (exact) mass is 337 g/mol. The number of ketones is 1. The van der Waals surface area contributed by atoms with E-state index in [0.29, 0.717) is 24.9 Å². The maximum atomic E-state index is 11.3. The van der Waals surface area contributed by atoms with Crippen molar-refractivity contribution in [1.29, 1.82) is 0 Å². The molecule has 3 rings (SSSR count). The molecule has 0 amide bonds. The molecule has 1 aliphatic heterocycles. The number of ether oxygens (including phenoxy) is 1. The summed E-state index contributed by atoms with van der Waals surface area (Å²) in [4.78, 5) is 13.7. The first-order valence-corrected chi connectivity index (χ1v) is 9.14. The highest BCUT2D eigenvalue weighted by Crippen LogP contribution is 2.33. The lowest BCUT2D eigenvalue weighted by Gasteiger charge is -2.41. The van der Waals surface area contributed by atoms with Crippen LogP contribution in [0.25, 0.3) is 0 Å². The number of nitrogens with zero attached hydrogens (tertiary/aromatic N) is 1. The van der Waals surface area contributed by atoms with Crippen molar-refractivity contribution in [2.24, 2.45) is 0 Å². The highest BCUT2D eigenvalue weighted by Gasteiger charge is 2.28. The van der Waals surface area contributed by atoms with Crippen LogP contribution in [0.15, 0.2) is 48.5 Å². The van der Waals surface area contributed by atoms with Crippen molar-refractivity contribution in [2.45, 2.75) is 39.0 Å². The molecule has 1 heterocycles. The van der Waals surface area contributed by atoms with Crippen molar-refractivity contribution in [1.82, 2.24) is 0 Å². The Balaban J connectivity index is 1.59. The Morgan fingerprint density at radius 2 is 1.92 bits per heavy atom. The van der Waals surface area contributed by atoms with E-state index in [1.54, 1.807) is 6.92 Å². The van der Waals surface area contributed by atoms with Crippen LogP contribution >= 0.6 is 0 Å². The number of anilines is 1. The molecule has 1 aliphatic rings. The second kappa shape index (κ2) is 7.73. The van der Waals surface area contributed by atoms with Gasteiger partial charge in [0.1, 0.15) is 11.5 Å². The molecule has 1 fully saturated rings. The highest BCUT2D eigenvalue weighted by molar-refractivity contribution is 5.76. The summed E-state index contributed by atoms with van der Waals surface area (Å²) in [5.74, 6) is 2.06. The standard InChI is InChI=1S/C22H27NO2/c1-4-25-22-7-5-6-21(13-22)23-14-20(15-23)19-10-8-18(9-11-19)16(2)12-17(3)24/h5-11,13,16,20H,4,12,14-15H2,1-3H3/t16-/m1/s1. The van der Waals surface area contributed by atoms with Crippen LogP contribution in [0.4, 0.5) is 5.69 Å². The van der Waals surface area contributed by atoms with Gasteiger partial charge in [-0.15, -0.1) is 0 Å². The van der Waals surface area contributed by atoms with Crippen molar-refractivity contribution in [3.05, 3.63) is 59.7 Å². The fourth-order valence-corrected chi connectivity index (χ4v) is 3.48. The first-order chi connectivity index (χ1) is 12.1. The van der Waals surface area contributed by atoms with Gasteiger partial charge in [-0.3, -0.25) is 0 Å². The van der Waals surface area contributed by atoms with Gasteiger partial charge in [-0.1, -0.05) is 37.3 Å². The average molecular weight is 337 g/mol. The van der Waals surface area contributed by atoms with E-state index in [4.69, 9.17) is 4.74 Å². The molecular weight excluding hydrogens is 310 g/mol. The Bertz CT molecular complexity index is 717. The van der Waals surface area contributed by atoms with Crippen LogP contribution in [0.1, 0.15) is 50.2 Å². The predicted molar refractivity (Wildman–Crippen MR) is 103 cm³/mol. The summed E-state index contributed by atoms with van der Waals surface area (Å²) >= 11 is 0. The third-order valence-corrected chi connectivity index (χ3v) is 4.95. The summed E-state index contributed by atoms with van der Waals surface area (Å²) in [7, 11) is 0. The number of carbonyl (C=O) groups is 1. The number of rotatable bonds is 7. The van der Waals surface area contributed by atoms with Gasteiger partial charge in [-0.2, -0.15) is 0 Å². The van der Waals surface area contributed by atoms with Gasteiger partial charge in [0.25, 0.3) is 0 Å². The third kappa shape index (κ3) is 4.22. The SMILES string of the molecule is CCOc1cccc(N2CC(c3ccc([C@H](C)CC(C)=O)cc3)C2)c1. The Hall–Kier alpha value is -2.29. The molecule has 1 atom stereocenters. The quantitative estimate of drug-likeness (QED) is 0.729. The van der Waals surface area contributed by atoms with Gasteiger partial charge in [0.05, 0.1) is 6.61 Å². The molecule has 0 radical (unpaired) electrons. The first-order valence-electron chi connectivity index (χ1n) is 9.14. The normalized spacial score (nSPS) is 15.6. The summed E-state index contributed by atoms with van der Waals surface area (Å²) in [5.41, 5.74) is 3.87. The van der Waals surface area contributed by atoms with E-state index in [2.05, 4.69) is 54.3 Å². The number of benzene rings is 2. The lowest BCUT2D eigenvalue weighted by Crippen LogP contribution is -2.45. The fraction of sp³-hybridized carbons (Fsp3) is 0.409. The second-order valence-electron chi connectivity index (χ2n) is 7.01. The van der Waals surface area contributed by atoms with Crippen molar-refractivity contribution in [3.63, 3.8) is 0 Å². The first kappa shape index (κ1) is 17.5. The molecule has 2 aromatic carbocycles. The molecule has 0 spiro atoms. The van der Waals surface area contributed by atoms with Gasteiger partial charge in [-0.25, -0.2) is 0 Å². The largest absolute Gasteiger partial charge is 0.494 e. The lowest BCUT2D eigenvalue weighted by atomic mass is 9.88. The minimum atomic E-state index is 0.250. The number of carbonyl (C=O) groups excluding carboxylic acids is 1. The molecule has 1 saturated heterocycles. The Morgan fingerprint density at radius 1 is 1.20 bits per heavy atom. The average Bonchev–Trinajstić information content (AvgIpc) is 2.54. The zero-order valence-corrected chi connectivity index (χ0v) is 15.4. The van der Waals surface area contributed by atoms with Gasteiger partial charge in [0.2, 0.25) is 0 Å². The molecule has 0 bridgehead atoms. The Labute approximate surface area is 150 Å². The predicted octanol–water partition coefficient (Wildman–Crippen LogP) is 4.77. The van der Waals surface area contributed by atoms with E-state index in [1.165, 1.54) is 16.8 Å². The molecule has 2 aromatic rings. The minimum absolute atomic E-state index is 0.250. The molecule has 3 heteroatoms. The topological polar surface area (TPSA) is 29.5 Å². The van der Waals surface area contributed by atoms with E-state index in [1.807, 2.05) is 13.0 Å². The Kier molecular flexibility index (Phi) is 5.42. The van der Waals surface area contributed by atoms with E-state index < -0.39 is 0 Å². The molecule has 0 saturated carbocycles. The number of hydrogen-bond donors (Lipinski definition) is 0. The van der Waals surface area contributed by atoms with Gasteiger partial charge in [0, 0.05) is 37.2 Å². The van der Waals surface area contributed by atoms with Crippen LogP contribution in [0, 0.1) is 0 Å². The third-order valence-electron chi connectivity index (χ3n) is 4.95. The molecule has 25 heavy (non-hydrogen) atoms. The smallest absolute Gasteiger partial charge is 0.130 e. The number of hydrogen-bond acceptors (Lipinski definition) is 3. The maximum Gasteiger partial charge on any atom is 0.130 e. The Morgan fingerprint density at radius 3 is 2.56 bits per heavy atom. The summed E-state index contributed by atoms with van der Waals surface area (Å²) in [5, 5.41) is 0. The van der Waals surface area contributed by atoms with Gasteiger partial charge >= 0.3 is 0 Å². The zero-order valence-electron chi connectivity index (χ0n) is 15.4. The van der Waals surface area contributed by atoms with Crippen LogP contribution in [0.2, 0.25) is 0 Å². The second-order valence-corrected chi connectivity index (χ2v) is 7.01. The minimum Gasteiger partial charge on any atom is -0.494 e. The molecular formula is C22H27NO2. The fourth-order valence-electron chi connectivity index (χ4n) is 3.48. The maximum absolute atomic E-state index is 11.3. The summed E-state index contributed by atoms with van der Waals surface area (Å²) in [6.45, 7) is 8.56. The van der Waals surface area contributed by atoms with E-state index in [0.717, 1.165) is 18.8 Å². The van der Waals surface area contributed by atoms with Gasteiger partial charge in [-0.05, 0) is 43.0 Å². The van der Waals surface area contributed by atoms with Crippen LogP contribution in [0.3, 0.4) is 0 Å². The van der Waals surface area contributed by atoms with Crippen LogP contribution < -0.4 is 9.64 Å². The van der Waals surface area contributed by atoms with Crippen molar-refractivity contribution >= 4 is 11.5 Å². The van der Waals surface area contributed by atoms with Crippen LogP contribution in [-0.4, -0.2) is 25.5 Å². The summed E-state index contributed by atoms with van der Waals surface area (Å²) < 4.78 is 5.59. The van der Waals surface area contributed by atoms with E-state index >= 15 is 0 Å². The molecule has 0 aromatic heterocycles. The van der Waals surface area contributed by atoms with E-state index in [9.17, 15) is 4.79 Å². The molecule has 3 nitrogen and oxygen atoms in total. The molecule has 0 aliphatic carbocycles. The van der Waals surface area contributed by atoms with Gasteiger partial charge < -0.3 is 14.4 Å². The summed E-state index contributed by atoms with van der Waals surface area (Å²) in [6.07, 6.45) is 0.618. The zero-order chi connectivity index (χ0) is 17.8. The van der Waals surface area contributed by atoms with Crippen molar-refractivity contribution < 1.29 is 9.53 Å². The summed E-state index contributed by atoms with van der Waals surface area (Å²) in [6, 6.07) is 17.1. The molecule has 132 valence electrons. The number of Topliss-reactive ketones (excluding diaryl/α,β-unsaturated/α-hetero) is 1. The highest BCUT2D eigenvalue weighted by atomic mass is 16.5. The van der Waals surface area contributed by atoms with Crippen LogP contribution in [0.5, 0.6) is 5.75 Å². The van der Waals surface area contributed by atoms with Crippen molar-refractivity contribution in [3.8, 4) is 5.75 Å². The van der Waals surface area contributed by atoms with Crippen LogP contribution in [-0.2, 0) is 4.79 Å². The van der Waals surface area contributed by atoms with Gasteiger partial charge in [0.15, 0.2) is 0 Å².